The van der Waals surface area contributed by atoms with Crippen LogP contribution >= 0.6 is 0 Å². The third-order valence-corrected chi connectivity index (χ3v) is 2.73. The summed E-state index contributed by atoms with van der Waals surface area (Å²) in [6, 6.07) is 0.647. The molecule has 0 aliphatic carbocycles. The molecule has 0 N–H and O–H groups in total. The molecule has 0 aromatic heterocycles. The van der Waals surface area contributed by atoms with Crippen molar-refractivity contribution in [1.82, 2.24) is 4.90 Å². The fourth-order valence-corrected chi connectivity index (χ4v) is 1.92. The van der Waals surface area contributed by atoms with Gasteiger partial charge in [0.2, 0.25) is 0 Å². The lowest BCUT2D eigenvalue weighted by Crippen LogP contribution is -2.44. The van der Waals surface area contributed by atoms with E-state index in [1.54, 1.807) is 7.11 Å². The van der Waals surface area contributed by atoms with Gasteiger partial charge in [0.15, 0.2) is 0 Å². The van der Waals surface area contributed by atoms with E-state index in [9.17, 15) is 0 Å². The zero-order chi connectivity index (χ0) is 8.27. The molecule has 0 bridgehead atoms. The first kappa shape index (κ1) is 9.01. The van der Waals surface area contributed by atoms with Gasteiger partial charge in [-0.1, -0.05) is 6.92 Å². The summed E-state index contributed by atoms with van der Waals surface area (Å²) in [5.74, 6) is 0.800. The Bertz CT molecular complexity index is 106. The highest BCUT2D eigenvalue weighted by Gasteiger charge is 2.25. The van der Waals surface area contributed by atoms with E-state index in [-0.39, 0.29) is 0 Å². The van der Waals surface area contributed by atoms with Crippen molar-refractivity contribution in [3.8, 4) is 0 Å². The van der Waals surface area contributed by atoms with Gasteiger partial charge in [0.25, 0.3) is 0 Å². The minimum atomic E-state index is 0.647. The number of hydrogen-bond donors (Lipinski definition) is 0. The molecule has 1 unspecified atom stereocenters. The third-order valence-electron chi connectivity index (χ3n) is 2.73. The lowest BCUT2D eigenvalue weighted by molar-refractivity contribution is 0.0503. The largest absolute Gasteiger partial charge is 0.383 e. The Morgan fingerprint density at radius 3 is 2.82 bits per heavy atom. The number of likely N-dealkylation sites (tertiary alicyclic amines) is 1. The molecule has 1 rings (SSSR count). The minimum Gasteiger partial charge on any atom is -0.383 e. The minimum absolute atomic E-state index is 0.647. The number of piperidine rings is 1. The first-order valence-electron chi connectivity index (χ1n) is 4.45. The molecule has 1 heterocycles. The fraction of sp³-hybridized carbons (Fsp3) is 1.00. The average Bonchev–Trinajstić information content (AvgIpc) is 1.97. The van der Waals surface area contributed by atoms with Crippen LogP contribution in [0.1, 0.15) is 19.8 Å². The summed E-state index contributed by atoms with van der Waals surface area (Å²) in [6.45, 7) is 4.44. The van der Waals surface area contributed by atoms with Crippen LogP contribution < -0.4 is 0 Å². The van der Waals surface area contributed by atoms with Crippen molar-refractivity contribution in [2.75, 3.05) is 27.3 Å². The molecule has 0 radical (unpaired) electrons. The van der Waals surface area contributed by atoms with Crippen LogP contribution in [0.15, 0.2) is 0 Å². The lowest BCUT2D eigenvalue weighted by Gasteiger charge is -2.36. The second kappa shape index (κ2) is 4.07. The number of hydrogen-bond acceptors (Lipinski definition) is 2. The van der Waals surface area contributed by atoms with Crippen LogP contribution in [0.3, 0.4) is 0 Å². The summed E-state index contributed by atoms with van der Waals surface area (Å²) >= 11 is 0. The van der Waals surface area contributed by atoms with E-state index in [0.29, 0.717) is 6.04 Å². The van der Waals surface area contributed by atoms with Crippen molar-refractivity contribution < 1.29 is 4.74 Å². The molecule has 1 aliphatic heterocycles. The predicted molar refractivity (Wildman–Crippen MR) is 46.7 cm³/mol. The molecule has 2 atom stereocenters. The van der Waals surface area contributed by atoms with E-state index in [4.69, 9.17) is 4.74 Å². The molecule has 0 amide bonds. The molecule has 0 spiro atoms. The summed E-state index contributed by atoms with van der Waals surface area (Å²) in [5.41, 5.74) is 0. The van der Waals surface area contributed by atoms with Gasteiger partial charge in [-0.25, -0.2) is 0 Å². The quantitative estimate of drug-likeness (QED) is 0.600. The van der Waals surface area contributed by atoms with E-state index in [1.165, 1.54) is 19.4 Å². The predicted octanol–water partition coefficient (Wildman–Crippen LogP) is 1.36. The van der Waals surface area contributed by atoms with Gasteiger partial charge in [-0.05, 0) is 32.4 Å². The first-order chi connectivity index (χ1) is 5.25. The molecule has 2 nitrogen and oxygen atoms in total. The van der Waals surface area contributed by atoms with Crippen LogP contribution in [-0.2, 0) is 4.74 Å². The molecule has 0 saturated carbocycles. The van der Waals surface area contributed by atoms with Crippen molar-refractivity contribution >= 4 is 0 Å². The summed E-state index contributed by atoms with van der Waals surface area (Å²) < 4.78 is 5.18. The Morgan fingerprint density at radius 2 is 2.27 bits per heavy atom. The van der Waals surface area contributed by atoms with Gasteiger partial charge in [-0.15, -0.1) is 0 Å². The number of likely N-dealkylation sites (N-methyl/N-ethyl adjacent to an activating group) is 1. The van der Waals surface area contributed by atoms with Crippen molar-refractivity contribution in [3.05, 3.63) is 0 Å². The van der Waals surface area contributed by atoms with E-state index in [1.807, 2.05) is 0 Å². The summed E-state index contributed by atoms with van der Waals surface area (Å²) in [7, 11) is 3.98. The number of nitrogens with zero attached hydrogens (tertiary/aromatic N) is 1. The Labute approximate surface area is 69.5 Å². The Balaban J connectivity index is 2.41. The Morgan fingerprint density at radius 1 is 1.55 bits per heavy atom. The van der Waals surface area contributed by atoms with Gasteiger partial charge in [-0.2, -0.15) is 0 Å². The first-order valence-corrected chi connectivity index (χ1v) is 4.45. The zero-order valence-corrected chi connectivity index (χ0v) is 7.84. The van der Waals surface area contributed by atoms with Crippen LogP contribution in [0.25, 0.3) is 0 Å². The van der Waals surface area contributed by atoms with E-state index in [0.717, 1.165) is 12.5 Å². The molecular formula is C9H19NO. The maximum atomic E-state index is 5.18. The lowest BCUT2D eigenvalue weighted by atomic mass is 9.92. The highest BCUT2D eigenvalue weighted by molar-refractivity contribution is 4.79. The van der Waals surface area contributed by atoms with Crippen molar-refractivity contribution in [3.63, 3.8) is 0 Å². The van der Waals surface area contributed by atoms with Gasteiger partial charge >= 0.3 is 0 Å². The number of rotatable bonds is 2. The normalized spacial score (nSPS) is 34.1. The van der Waals surface area contributed by atoms with Gasteiger partial charge in [0, 0.05) is 13.2 Å². The number of methoxy groups -OCH3 is 1. The smallest absolute Gasteiger partial charge is 0.0620 e. The molecule has 66 valence electrons. The van der Waals surface area contributed by atoms with Crippen LogP contribution in [0.2, 0.25) is 0 Å². The van der Waals surface area contributed by atoms with Gasteiger partial charge < -0.3 is 9.64 Å². The van der Waals surface area contributed by atoms with Gasteiger partial charge in [-0.3, -0.25) is 0 Å². The topological polar surface area (TPSA) is 12.5 Å². The van der Waals surface area contributed by atoms with Crippen molar-refractivity contribution in [2.24, 2.45) is 5.92 Å². The Kier molecular flexibility index (Phi) is 3.34. The highest BCUT2D eigenvalue weighted by Crippen LogP contribution is 2.21. The maximum absolute atomic E-state index is 5.18. The van der Waals surface area contributed by atoms with Crippen LogP contribution in [-0.4, -0.2) is 38.3 Å². The van der Waals surface area contributed by atoms with E-state index >= 15 is 0 Å². The van der Waals surface area contributed by atoms with Crippen LogP contribution in [0.5, 0.6) is 0 Å². The SMILES string of the molecule is COC[C@@H]1C(C)CCCN1C. The molecule has 11 heavy (non-hydrogen) atoms. The third kappa shape index (κ3) is 2.17. The zero-order valence-electron chi connectivity index (χ0n) is 7.84. The second-order valence-electron chi connectivity index (χ2n) is 3.62. The second-order valence-corrected chi connectivity index (χ2v) is 3.62. The van der Waals surface area contributed by atoms with Gasteiger partial charge in [0.05, 0.1) is 6.61 Å². The molecule has 1 fully saturated rings. The molecule has 0 aromatic carbocycles. The van der Waals surface area contributed by atoms with Gasteiger partial charge in [0.1, 0.15) is 0 Å². The summed E-state index contributed by atoms with van der Waals surface area (Å²) in [6.07, 6.45) is 2.70. The highest BCUT2D eigenvalue weighted by atomic mass is 16.5. The van der Waals surface area contributed by atoms with Crippen LogP contribution in [0.4, 0.5) is 0 Å². The average molecular weight is 157 g/mol. The standard InChI is InChI=1S/C9H19NO/c1-8-5-4-6-10(2)9(8)7-11-3/h8-9H,4-7H2,1-3H3/t8?,9-/m1/s1. The van der Waals surface area contributed by atoms with Crippen molar-refractivity contribution in [2.45, 2.75) is 25.8 Å². The van der Waals surface area contributed by atoms with Crippen LogP contribution in [0, 0.1) is 5.92 Å². The monoisotopic (exact) mass is 157 g/mol. The molecule has 0 aromatic rings. The van der Waals surface area contributed by atoms with Crippen molar-refractivity contribution in [1.29, 1.82) is 0 Å². The fourth-order valence-electron chi connectivity index (χ4n) is 1.92. The summed E-state index contributed by atoms with van der Waals surface area (Å²) in [5, 5.41) is 0. The molecule has 2 heteroatoms. The summed E-state index contributed by atoms with van der Waals surface area (Å²) in [4.78, 5) is 2.41. The van der Waals surface area contributed by atoms with E-state index < -0.39 is 0 Å². The Hall–Kier alpha value is -0.0800. The molecule has 1 saturated heterocycles. The molecular weight excluding hydrogens is 138 g/mol. The maximum Gasteiger partial charge on any atom is 0.0620 e. The molecule has 1 aliphatic rings. The van der Waals surface area contributed by atoms with E-state index in [2.05, 4.69) is 18.9 Å². The number of ether oxygens (including phenoxy) is 1.